The van der Waals surface area contributed by atoms with Gasteiger partial charge in [-0.25, -0.2) is 0 Å². The van der Waals surface area contributed by atoms with Gasteiger partial charge in [0, 0.05) is 6.54 Å². The third-order valence-corrected chi connectivity index (χ3v) is 2.49. The van der Waals surface area contributed by atoms with Crippen molar-refractivity contribution in [1.29, 1.82) is 0 Å². The molecule has 1 rings (SSSR count). The number of aryl methyl sites for hydroxylation is 1. The van der Waals surface area contributed by atoms with Gasteiger partial charge in [-0.2, -0.15) is 0 Å². The van der Waals surface area contributed by atoms with Crippen LogP contribution in [-0.4, -0.2) is 31.4 Å². The van der Waals surface area contributed by atoms with E-state index < -0.39 is 0 Å². The summed E-state index contributed by atoms with van der Waals surface area (Å²) in [5.74, 6) is 0.931. The van der Waals surface area contributed by atoms with Gasteiger partial charge in [0.15, 0.2) is 0 Å². The van der Waals surface area contributed by atoms with E-state index in [2.05, 4.69) is 17.4 Å². The summed E-state index contributed by atoms with van der Waals surface area (Å²) in [4.78, 5) is 0. The Morgan fingerprint density at radius 2 is 2.19 bits per heavy atom. The van der Waals surface area contributed by atoms with Crippen LogP contribution < -0.4 is 10.1 Å². The van der Waals surface area contributed by atoms with Gasteiger partial charge >= 0.3 is 0 Å². The maximum Gasteiger partial charge on any atom is 0.121 e. The van der Waals surface area contributed by atoms with E-state index in [9.17, 15) is 0 Å². The lowest BCUT2D eigenvalue weighted by molar-refractivity contribution is 0.191. The van der Waals surface area contributed by atoms with Gasteiger partial charge in [0.1, 0.15) is 5.75 Å². The second kappa shape index (κ2) is 6.51. The van der Waals surface area contributed by atoms with E-state index in [-0.39, 0.29) is 6.10 Å². The van der Waals surface area contributed by atoms with Crippen LogP contribution in [0.15, 0.2) is 18.2 Å². The highest BCUT2D eigenvalue weighted by Gasteiger charge is 2.00. The van der Waals surface area contributed by atoms with Crippen LogP contribution in [0.3, 0.4) is 0 Å². The first-order chi connectivity index (χ1) is 7.63. The van der Waals surface area contributed by atoms with Crippen molar-refractivity contribution < 1.29 is 9.84 Å². The van der Waals surface area contributed by atoms with Crippen LogP contribution in [0.4, 0.5) is 0 Å². The van der Waals surface area contributed by atoms with Crippen molar-refractivity contribution in [3.63, 3.8) is 0 Å². The molecule has 0 heterocycles. The normalized spacial score (nSPS) is 12.5. The fourth-order valence-corrected chi connectivity index (χ4v) is 1.64. The SMILES string of the molecule is COc1ccc(CCNCC(C)O)cc1C. The molecule has 2 N–H and O–H groups in total. The van der Waals surface area contributed by atoms with E-state index in [0.29, 0.717) is 6.54 Å². The minimum absolute atomic E-state index is 0.280. The molecule has 0 amide bonds. The number of nitrogens with one attached hydrogen (secondary N) is 1. The molecule has 0 aliphatic carbocycles. The number of aliphatic hydroxyl groups excluding tert-OH is 1. The number of rotatable bonds is 6. The second-order valence-corrected chi connectivity index (χ2v) is 4.11. The van der Waals surface area contributed by atoms with Gasteiger partial charge in [-0.05, 0) is 44.0 Å². The molecule has 1 aromatic carbocycles. The molecular weight excluding hydrogens is 202 g/mol. The number of benzene rings is 1. The molecule has 90 valence electrons. The molecule has 0 radical (unpaired) electrons. The molecular formula is C13H21NO2. The number of methoxy groups -OCH3 is 1. The summed E-state index contributed by atoms with van der Waals surface area (Å²) in [5, 5.41) is 12.3. The average molecular weight is 223 g/mol. The van der Waals surface area contributed by atoms with E-state index in [0.717, 1.165) is 24.3 Å². The summed E-state index contributed by atoms with van der Waals surface area (Å²) in [6.07, 6.45) is 0.690. The summed E-state index contributed by atoms with van der Waals surface area (Å²) in [5.41, 5.74) is 2.45. The Kier molecular flexibility index (Phi) is 5.29. The first-order valence-electron chi connectivity index (χ1n) is 5.65. The molecule has 0 fully saturated rings. The Balaban J connectivity index is 2.40. The number of aliphatic hydroxyl groups is 1. The smallest absolute Gasteiger partial charge is 0.121 e. The highest BCUT2D eigenvalue weighted by molar-refractivity contribution is 5.36. The average Bonchev–Trinajstić information content (AvgIpc) is 2.24. The van der Waals surface area contributed by atoms with Crippen LogP contribution in [-0.2, 0) is 6.42 Å². The Morgan fingerprint density at radius 3 is 2.75 bits per heavy atom. The van der Waals surface area contributed by atoms with Crippen LogP contribution in [0, 0.1) is 6.92 Å². The number of hydrogen-bond donors (Lipinski definition) is 2. The topological polar surface area (TPSA) is 41.5 Å². The zero-order chi connectivity index (χ0) is 12.0. The molecule has 0 aliphatic rings. The Bertz CT molecular complexity index is 324. The summed E-state index contributed by atoms with van der Waals surface area (Å²) in [7, 11) is 1.69. The fraction of sp³-hybridized carbons (Fsp3) is 0.538. The van der Waals surface area contributed by atoms with Crippen molar-refractivity contribution >= 4 is 0 Å². The Labute approximate surface area is 97.4 Å². The molecule has 0 saturated heterocycles. The summed E-state index contributed by atoms with van der Waals surface area (Å²) >= 11 is 0. The first-order valence-corrected chi connectivity index (χ1v) is 5.65. The molecule has 3 heteroatoms. The zero-order valence-electron chi connectivity index (χ0n) is 10.3. The van der Waals surface area contributed by atoms with E-state index in [1.54, 1.807) is 14.0 Å². The predicted octanol–water partition coefficient (Wildman–Crippen LogP) is 1.52. The van der Waals surface area contributed by atoms with Crippen molar-refractivity contribution in [3.05, 3.63) is 29.3 Å². The van der Waals surface area contributed by atoms with Crippen LogP contribution in [0.25, 0.3) is 0 Å². The van der Waals surface area contributed by atoms with Crippen molar-refractivity contribution in [2.24, 2.45) is 0 Å². The Hall–Kier alpha value is -1.06. The van der Waals surface area contributed by atoms with E-state index in [1.807, 2.05) is 13.0 Å². The molecule has 0 spiro atoms. The molecule has 3 nitrogen and oxygen atoms in total. The van der Waals surface area contributed by atoms with E-state index in [1.165, 1.54) is 5.56 Å². The summed E-state index contributed by atoms with van der Waals surface area (Å²) in [6.45, 7) is 5.36. The summed E-state index contributed by atoms with van der Waals surface area (Å²) in [6, 6.07) is 6.22. The standard InChI is InChI=1S/C13H21NO2/c1-10-8-12(4-5-13(10)16-3)6-7-14-9-11(2)15/h4-5,8,11,14-15H,6-7,9H2,1-3H3. The maximum atomic E-state index is 9.08. The minimum Gasteiger partial charge on any atom is -0.496 e. The molecule has 1 atom stereocenters. The van der Waals surface area contributed by atoms with Gasteiger partial charge in [-0.1, -0.05) is 12.1 Å². The van der Waals surface area contributed by atoms with Crippen LogP contribution >= 0.6 is 0 Å². The quantitative estimate of drug-likeness (QED) is 0.718. The first kappa shape index (κ1) is 13.0. The van der Waals surface area contributed by atoms with Gasteiger partial charge < -0.3 is 15.2 Å². The van der Waals surface area contributed by atoms with E-state index >= 15 is 0 Å². The van der Waals surface area contributed by atoms with Gasteiger partial charge in [0.25, 0.3) is 0 Å². The predicted molar refractivity (Wildman–Crippen MR) is 66.0 cm³/mol. The number of ether oxygens (including phenoxy) is 1. The molecule has 1 unspecified atom stereocenters. The van der Waals surface area contributed by atoms with Gasteiger partial charge in [-0.15, -0.1) is 0 Å². The molecule has 16 heavy (non-hydrogen) atoms. The highest BCUT2D eigenvalue weighted by Crippen LogP contribution is 2.18. The zero-order valence-corrected chi connectivity index (χ0v) is 10.3. The van der Waals surface area contributed by atoms with E-state index in [4.69, 9.17) is 9.84 Å². The minimum atomic E-state index is -0.280. The third kappa shape index (κ3) is 4.21. The fourth-order valence-electron chi connectivity index (χ4n) is 1.64. The third-order valence-electron chi connectivity index (χ3n) is 2.49. The van der Waals surface area contributed by atoms with Crippen molar-refractivity contribution in [2.45, 2.75) is 26.4 Å². The Morgan fingerprint density at radius 1 is 1.44 bits per heavy atom. The van der Waals surface area contributed by atoms with Gasteiger partial charge in [0.05, 0.1) is 13.2 Å². The molecule has 0 aromatic heterocycles. The lowest BCUT2D eigenvalue weighted by Crippen LogP contribution is -2.26. The van der Waals surface area contributed by atoms with Gasteiger partial charge in [0.2, 0.25) is 0 Å². The van der Waals surface area contributed by atoms with Crippen molar-refractivity contribution in [1.82, 2.24) is 5.32 Å². The van der Waals surface area contributed by atoms with Crippen LogP contribution in [0.1, 0.15) is 18.1 Å². The van der Waals surface area contributed by atoms with Crippen molar-refractivity contribution in [2.75, 3.05) is 20.2 Å². The van der Waals surface area contributed by atoms with Crippen LogP contribution in [0.2, 0.25) is 0 Å². The maximum absolute atomic E-state index is 9.08. The second-order valence-electron chi connectivity index (χ2n) is 4.11. The summed E-state index contributed by atoms with van der Waals surface area (Å²) < 4.78 is 5.21. The molecule has 0 saturated carbocycles. The largest absolute Gasteiger partial charge is 0.496 e. The van der Waals surface area contributed by atoms with Gasteiger partial charge in [-0.3, -0.25) is 0 Å². The van der Waals surface area contributed by atoms with Crippen LogP contribution in [0.5, 0.6) is 5.75 Å². The monoisotopic (exact) mass is 223 g/mol. The highest BCUT2D eigenvalue weighted by atomic mass is 16.5. The number of hydrogen-bond acceptors (Lipinski definition) is 3. The van der Waals surface area contributed by atoms with Crippen molar-refractivity contribution in [3.8, 4) is 5.75 Å². The molecule has 0 aliphatic heterocycles. The molecule has 0 bridgehead atoms. The lowest BCUT2D eigenvalue weighted by atomic mass is 10.1. The molecule has 1 aromatic rings. The lowest BCUT2D eigenvalue weighted by Gasteiger charge is -2.09.